The van der Waals surface area contributed by atoms with E-state index in [1.165, 1.54) is 5.06 Å². The molecular formula is C22H27N3O3. The van der Waals surface area contributed by atoms with Crippen LogP contribution in [0.15, 0.2) is 54.6 Å². The summed E-state index contributed by atoms with van der Waals surface area (Å²) < 4.78 is 12.4. The third-order valence-electron chi connectivity index (χ3n) is 5.58. The van der Waals surface area contributed by atoms with Crippen molar-refractivity contribution in [1.29, 1.82) is 0 Å². The van der Waals surface area contributed by atoms with E-state index in [1.54, 1.807) is 19.2 Å². The highest BCUT2D eigenvalue weighted by atomic mass is 16.7. The summed E-state index contributed by atoms with van der Waals surface area (Å²) in [4.78, 5) is 11.0. The number of hydrogen-bond donors (Lipinski definition) is 1. The van der Waals surface area contributed by atoms with E-state index in [-0.39, 0.29) is 0 Å². The Balaban J connectivity index is 1.84. The molecule has 4 rings (SSSR count). The first-order valence-electron chi connectivity index (χ1n) is 9.66. The summed E-state index contributed by atoms with van der Waals surface area (Å²) in [6.45, 7) is 8.97. The normalized spacial score (nSPS) is 29.8. The minimum Gasteiger partial charge on any atom is -0.484 e. The Hall–Kier alpha value is -2.57. The van der Waals surface area contributed by atoms with Crippen molar-refractivity contribution in [3.8, 4) is 5.75 Å². The number of hydrogen-bond acceptors (Lipinski definition) is 6. The highest BCUT2D eigenvalue weighted by Crippen LogP contribution is 2.51. The summed E-state index contributed by atoms with van der Waals surface area (Å²) in [6, 6.07) is 6.05. The van der Waals surface area contributed by atoms with Gasteiger partial charge in [-0.15, -0.1) is 0 Å². The molecule has 0 saturated carbocycles. The largest absolute Gasteiger partial charge is 0.484 e. The molecule has 2 N–H and O–H groups in total. The Bertz CT molecular complexity index is 853. The van der Waals surface area contributed by atoms with Crippen LogP contribution in [0, 0.1) is 0 Å². The summed E-state index contributed by atoms with van der Waals surface area (Å²) >= 11 is 0. The van der Waals surface area contributed by atoms with E-state index >= 15 is 0 Å². The Labute approximate surface area is 165 Å². The Morgan fingerprint density at radius 2 is 2.18 bits per heavy atom. The molecule has 28 heavy (non-hydrogen) atoms. The Kier molecular flexibility index (Phi) is 4.77. The third-order valence-corrected chi connectivity index (χ3v) is 5.58. The Morgan fingerprint density at radius 1 is 1.32 bits per heavy atom. The molecule has 148 valence electrons. The van der Waals surface area contributed by atoms with Crippen molar-refractivity contribution in [2.75, 3.05) is 20.3 Å². The maximum absolute atomic E-state index is 6.53. The molecular weight excluding hydrogens is 354 g/mol. The fourth-order valence-electron chi connectivity index (χ4n) is 4.25. The van der Waals surface area contributed by atoms with Crippen molar-refractivity contribution in [1.82, 2.24) is 5.06 Å². The molecule has 0 aromatic heterocycles. The van der Waals surface area contributed by atoms with Gasteiger partial charge >= 0.3 is 0 Å². The van der Waals surface area contributed by atoms with Gasteiger partial charge in [0.1, 0.15) is 11.4 Å². The lowest BCUT2D eigenvalue weighted by molar-refractivity contribution is -0.209. The van der Waals surface area contributed by atoms with Gasteiger partial charge in [0, 0.05) is 20.1 Å². The highest BCUT2D eigenvalue weighted by Gasteiger charge is 2.54. The summed E-state index contributed by atoms with van der Waals surface area (Å²) in [5, 5.41) is 1.53. The zero-order valence-corrected chi connectivity index (χ0v) is 16.3. The molecule has 1 aromatic rings. The number of rotatable bonds is 3. The van der Waals surface area contributed by atoms with Gasteiger partial charge < -0.3 is 15.2 Å². The van der Waals surface area contributed by atoms with Crippen LogP contribution in [0.4, 0.5) is 0 Å². The van der Waals surface area contributed by atoms with Gasteiger partial charge in [0.05, 0.1) is 12.2 Å². The second-order valence-corrected chi connectivity index (χ2v) is 7.59. The first kappa shape index (κ1) is 18.8. The van der Waals surface area contributed by atoms with Crippen molar-refractivity contribution >= 4 is 11.5 Å². The standard InChI is InChI=1S/C22H27N3O3/c1-4-8-16(5-2)17-9-10-19-18(13-17)22(24-20(23)25(3)28-22)14-21(27-19)11-6-7-12-26-15-21/h4-5,8-10,13H,1-2,6-7,11-12,14-15H2,3H3,(H2,23,24). The zero-order chi connectivity index (χ0) is 19.8. The second kappa shape index (κ2) is 7.11. The predicted octanol–water partition coefficient (Wildman–Crippen LogP) is 3.51. The summed E-state index contributed by atoms with van der Waals surface area (Å²) in [5.41, 5.74) is 7.53. The van der Waals surface area contributed by atoms with E-state index < -0.39 is 11.3 Å². The van der Waals surface area contributed by atoms with E-state index in [1.807, 2.05) is 24.3 Å². The first-order valence-corrected chi connectivity index (χ1v) is 9.66. The second-order valence-electron chi connectivity index (χ2n) is 7.59. The molecule has 6 heteroatoms. The molecule has 0 radical (unpaired) electrons. The fourth-order valence-corrected chi connectivity index (χ4v) is 4.25. The van der Waals surface area contributed by atoms with Gasteiger partial charge in [-0.2, -0.15) is 0 Å². The van der Waals surface area contributed by atoms with Gasteiger partial charge in [-0.25, -0.2) is 14.9 Å². The van der Waals surface area contributed by atoms with Crippen LogP contribution >= 0.6 is 0 Å². The van der Waals surface area contributed by atoms with Gasteiger partial charge in [-0.3, -0.25) is 0 Å². The molecule has 3 heterocycles. The topological polar surface area (TPSA) is 69.3 Å². The van der Waals surface area contributed by atoms with Gasteiger partial charge in [-0.1, -0.05) is 37.5 Å². The van der Waals surface area contributed by atoms with Crippen LogP contribution in [0.2, 0.25) is 0 Å². The molecule has 1 saturated heterocycles. The lowest BCUT2D eigenvalue weighted by Crippen LogP contribution is -2.51. The summed E-state index contributed by atoms with van der Waals surface area (Å²) in [7, 11) is 1.77. The summed E-state index contributed by atoms with van der Waals surface area (Å²) in [5.74, 6) is 1.11. The number of guanidine groups is 1. The number of aliphatic imine (C=N–C) groups is 1. The molecule has 2 atom stereocenters. The van der Waals surface area contributed by atoms with Crippen molar-refractivity contribution in [2.45, 2.75) is 37.0 Å². The number of fused-ring (bicyclic) bond motifs is 2. The smallest absolute Gasteiger partial charge is 0.222 e. The van der Waals surface area contributed by atoms with Gasteiger partial charge in [0.2, 0.25) is 11.7 Å². The highest BCUT2D eigenvalue weighted by molar-refractivity contribution is 5.79. The summed E-state index contributed by atoms with van der Waals surface area (Å²) in [6.07, 6.45) is 9.00. The van der Waals surface area contributed by atoms with Crippen LogP contribution in [0.1, 0.15) is 36.8 Å². The van der Waals surface area contributed by atoms with E-state index in [4.69, 9.17) is 25.0 Å². The molecule has 1 fully saturated rings. The molecule has 0 amide bonds. The maximum Gasteiger partial charge on any atom is 0.222 e. The van der Waals surface area contributed by atoms with Crippen molar-refractivity contribution < 1.29 is 14.3 Å². The molecule has 2 unspecified atom stereocenters. The quantitative estimate of drug-likeness (QED) is 0.812. The molecule has 6 nitrogen and oxygen atoms in total. The number of hydroxylamine groups is 2. The van der Waals surface area contributed by atoms with Crippen LogP contribution in [-0.2, 0) is 15.3 Å². The molecule has 2 spiro atoms. The molecule has 0 aliphatic carbocycles. The number of nitrogens with zero attached hydrogens (tertiary/aromatic N) is 2. The molecule has 3 aliphatic heterocycles. The SMILES string of the molecule is C=CC=C(C=C)c1ccc2c(c1)C1(CC3(CCCCOC3)O2)N=C(N)N(C)O1. The number of ether oxygens (including phenoxy) is 2. The van der Waals surface area contributed by atoms with E-state index in [0.29, 0.717) is 19.0 Å². The third kappa shape index (κ3) is 3.12. The first-order chi connectivity index (χ1) is 13.5. The number of allylic oxidation sites excluding steroid dienone is 4. The van der Waals surface area contributed by atoms with Gasteiger partial charge in [0.15, 0.2) is 0 Å². The average Bonchev–Trinajstić information content (AvgIpc) is 2.83. The van der Waals surface area contributed by atoms with E-state index in [0.717, 1.165) is 48.3 Å². The molecule has 0 bridgehead atoms. The van der Waals surface area contributed by atoms with Gasteiger partial charge in [0.25, 0.3) is 0 Å². The van der Waals surface area contributed by atoms with Crippen LogP contribution in [0.25, 0.3) is 5.57 Å². The van der Waals surface area contributed by atoms with Crippen molar-refractivity contribution in [2.24, 2.45) is 10.7 Å². The van der Waals surface area contributed by atoms with Crippen LogP contribution in [-0.4, -0.2) is 36.9 Å². The van der Waals surface area contributed by atoms with Crippen molar-refractivity contribution in [3.63, 3.8) is 0 Å². The molecule has 1 aromatic carbocycles. The minimum atomic E-state index is -0.920. The molecule has 3 aliphatic rings. The van der Waals surface area contributed by atoms with Crippen LogP contribution < -0.4 is 10.5 Å². The number of nitrogens with two attached hydrogens (primary N) is 1. The van der Waals surface area contributed by atoms with Crippen LogP contribution in [0.5, 0.6) is 5.75 Å². The van der Waals surface area contributed by atoms with Crippen molar-refractivity contribution in [3.05, 3.63) is 60.7 Å². The fraction of sp³-hybridized carbons (Fsp3) is 0.409. The van der Waals surface area contributed by atoms with E-state index in [2.05, 4.69) is 13.2 Å². The number of benzene rings is 1. The van der Waals surface area contributed by atoms with Gasteiger partial charge in [-0.05, 0) is 42.5 Å². The predicted molar refractivity (Wildman–Crippen MR) is 110 cm³/mol. The monoisotopic (exact) mass is 381 g/mol. The van der Waals surface area contributed by atoms with E-state index in [9.17, 15) is 0 Å². The minimum absolute atomic E-state index is 0.355. The zero-order valence-electron chi connectivity index (χ0n) is 16.3. The lowest BCUT2D eigenvalue weighted by Gasteiger charge is -2.44. The maximum atomic E-state index is 6.53. The van der Waals surface area contributed by atoms with Crippen LogP contribution in [0.3, 0.4) is 0 Å². The average molecular weight is 381 g/mol. The Morgan fingerprint density at radius 3 is 2.89 bits per heavy atom. The lowest BCUT2D eigenvalue weighted by atomic mass is 9.81.